The fourth-order valence-electron chi connectivity index (χ4n) is 2.21. The van der Waals surface area contributed by atoms with Gasteiger partial charge in [-0.3, -0.25) is 0 Å². The molecule has 1 atom stereocenters. The van der Waals surface area contributed by atoms with E-state index < -0.39 is 10.0 Å². The molecule has 1 aromatic rings. The highest BCUT2D eigenvalue weighted by Gasteiger charge is 2.44. The maximum Gasteiger partial charge on any atom is 0.253 e. The molecule has 0 bridgehead atoms. The molecule has 4 nitrogen and oxygen atoms in total. The van der Waals surface area contributed by atoms with Gasteiger partial charge in [0.1, 0.15) is 4.21 Å². The van der Waals surface area contributed by atoms with Crippen molar-refractivity contribution in [1.82, 2.24) is 4.31 Å². The van der Waals surface area contributed by atoms with Crippen LogP contribution in [0.5, 0.6) is 0 Å². The highest BCUT2D eigenvalue weighted by Crippen LogP contribution is 2.34. The molecule has 1 saturated heterocycles. The highest BCUT2D eigenvalue weighted by molar-refractivity contribution is 7.91. The lowest BCUT2D eigenvalue weighted by Gasteiger charge is -2.29. The first kappa shape index (κ1) is 12.0. The number of hydrogen-bond donors (Lipinski definition) is 1. The maximum absolute atomic E-state index is 12.3. The minimum Gasteiger partial charge on any atom is -0.326 e. The van der Waals surface area contributed by atoms with E-state index in [1.54, 1.807) is 17.5 Å². The number of nitrogens with zero attached hydrogens (tertiary/aromatic N) is 1. The molecule has 0 amide bonds. The van der Waals surface area contributed by atoms with Gasteiger partial charge in [-0.25, -0.2) is 8.42 Å². The van der Waals surface area contributed by atoms with Crippen LogP contribution in [0.2, 0.25) is 0 Å². The van der Waals surface area contributed by atoms with Crippen LogP contribution in [-0.4, -0.2) is 30.8 Å². The van der Waals surface area contributed by atoms with Crippen molar-refractivity contribution in [2.45, 2.75) is 36.1 Å². The Morgan fingerprint density at radius 1 is 1.56 bits per heavy atom. The zero-order valence-electron chi connectivity index (χ0n) is 9.38. The van der Waals surface area contributed by atoms with Crippen LogP contribution in [0.25, 0.3) is 0 Å². The highest BCUT2D eigenvalue weighted by atomic mass is 32.2. The number of hydrogen-bond acceptors (Lipinski definition) is 4. The lowest BCUT2D eigenvalue weighted by molar-refractivity contribution is 0.292. The Balaban J connectivity index is 2.39. The fourth-order valence-corrected chi connectivity index (χ4v) is 5.16. The van der Waals surface area contributed by atoms with Crippen LogP contribution in [0.15, 0.2) is 21.7 Å². The summed E-state index contributed by atoms with van der Waals surface area (Å²) in [6.07, 6.45) is 0.706. The summed E-state index contributed by atoms with van der Waals surface area (Å²) in [5, 5.41) is 1.77. The van der Waals surface area contributed by atoms with E-state index in [0.29, 0.717) is 17.2 Å². The van der Waals surface area contributed by atoms with E-state index in [2.05, 4.69) is 0 Å². The summed E-state index contributed by atoms with van der Waals surface area (Å²) < 4.78 is 26.6. The predicted octanol–water partition coefficient (Wildman–Crippen LogP) is 1.25. The molecule has 16 heavy (non-hydrogen) atoms. The Hall–Kier alpha value is -0.430. The number of nitrogens with two attached hydrogens (primary N) is 1. The number of rotatable bonds is 2. The second-order valence-electron chi connectivity index (χ2n) is 4.74. The zero-order valence-corrected chi connectivity index (χ0v) is 11.0. The third kappa shape index (κ3) is 1.90. The average Bonchev–Trinajstić information content (AvgIpc) is 2.72. The monoisotopic (exact) mass is 260 g/mol. The number of thiophene rings is 1. The van der Waals surface area contributed by atoms with Crippen molar-refractivity contribution >= 4 is 21.4 Å². The van der Waals surface area contributed by atoms with Crippen molar-refractivity contribution in [2.24, 2.45) is 5.73 Å². The standard InChI is InChI=1S/C10H16N2O2S2/c1-10(2)6-8(11)7-12(10)16(13,14)9-4-3-5-15-9/h3-5,8H,6-7,11H2,1-2H3. The molecule has 6 heteroatoms. The van der Waals surface area contributed by atoms with Gasteiger partial charge < -0.3 is 5.73 Å². The Morgan fingerprint density at radius 3 is 2.69 bits per heavy atom. The smallest absolute Gasteiger partial charge is 0.253 e. The van der Waals surface area contributed by atoms with Crippen LogP contribution in [-0.2, 0) is 10.0 Å². The third-order valence-electron chi connectivity index (χ3n) is 2.88. The summed E-state index contributed by atoms with van der Waals surface area (Å²) >= 11 is 1.25. The van der Waals surface area contributed by atoms with Crippen molar-refractivity contribution in [3.63, 3.8) is 0 Å². The molecule has 1 aliphatic heterocycles. The van der Waals surface area contributed by atoms with Gasteiger partial charge in [-0.1, -0.05) is 6.07 Å². The van der Waals surface area contributed by atoms with E-state index in [4.69, 9.17) is 5.73 Å². The second-order valence-corrected chi connectivity index (χ2v) is 7.78. The van der Waals surface area contributed by atoms with E-state index in [1.807, 2.05) is 13.8 Å². The molecule has 90 valence electrons. The van der Waals surface area contributed by atoms with E-state index >= 15 is 0 Å². The van der Waals surface area contributed by atoms with Crippen molar-refractivity contribution in [3.8, 4) is 0 Å². The zero-order chi connectivity index (χ0) is 12.0. The van der Waals surface area contributed by atoms with Gasteiger partial charge in [0, 0.05) is 18.1 Å². The minimum atomic E-state index is -3.36. The molecule has 0 radical (unpaired) electrons. The van der Waals surface area contributed by atoms with Crippen molar-refractivity contribution < 1.29 is 8.42 Å². The molecule has 1 aliphatic rings. The maximum atomic E-state index is 12.3. The molecule has 1 fully saturated rings. The third-order valence-corrected chi connectivity index (χ3v) is 6.33. The molecule has 1 aromatic heterocycles. The molecular weight excluding hydrogens is 244 g/mol. The molecule has 0 aliphatic carbocycles. The van der Waals surface area contributed by atoms with Crippen molar-refractivity contribution in [1.29, 1.82) is 0 Å². The minimum absolute atomic E-state index is 0.0651. The fraction of sp³-hybridized carbons (Fsp3) is 0.600. The normalized spacial score (nSPS) is 26.1. The predicted molar refractivity (Wildman–Crippen MR) is 64.9 cm³/mol. The molecule has 0 aromatic carbocycles. The van der Waals surface area contributed by atoms with Gasteiger partial charge in [0.2, 0.25) is 0 Å². The molecule has 1 unspecified atom stereocenters. The van der Waals surface area contributed by atoms with Crippen molar-refractivity contribution in [2.75, 3.05) is 6.54 Å². The van der Waals surface area contributed by atoms with Crippen LogP contribution in [0.4, 0.5) is 0 Å². The topological polar surface area (TPSA) is 63.4 Å². The second kappa shape index (κ2) is 3.80. The SMILES string of the molecule is CC1(C)CC(N)CN1S(=O)(=O)c1cccs1. The van der Waals surface area contributed by atoms with Crippen LogP contribution >= 0.6 is 11.3 Å². The van der Waals surface area contributed by atoms with E-state index in [9.17, 15) is 8.42 Å². The first-order chi connectivity index (χ1) is 7.34. The quantitative estimate of drug-likeness (QED) is 0.870. The Bertz CT molecular complexity index is 465. The summed E-state index contributed by atoms with van der Waals surface area (Å²) in [5.41, 5.74) is 5.46. The molecule has 0 saturated carbocycles. The lowest BCUT2D eigenvalue weighted by atomic mass is 10.0. The van der Waals surface area contributed by atoms with Crippen LogP contribution in [0.3, 0.4) is 0 Å². The summed E-state index contributed by atoms with van der Waals surface area (Å²) in [4.78, 5) is 0. The first-order valence-corrected chi connectivity index (χ1v) is 7.48. The van der Waals surface area contributed by atoms with Crippen molar-refractivity contribution in [3.05, 3.63) is 17.5 Å². The van der Waals surface area contributed by atoms with Gasteiger partial charge in [-0.05, 0) is 31.7 Å². The van der Waals surface area contributed by atoms with Crippen LogP contribution in [0.1, 0.15) is 20.3 Å². The first-order valence-electron chi connectivity index (χ1n) is 5.16. The van der Waals surface area contributed by atoms with Gasteiger partial charge in [0.15, 0.2) is 0 Å². The lowest BCUT2D eigenvalue weighted by Crippen LogP contribution is -2.42. The molecule has 0 spiro atoms. The Kier molecular flexibility index (Phi) is 2.86. The summed E-state index contributed by atoms with van der Waals surface area (Å²) in [6, 6.07) is 3.32. The van der Waals surface area contributed by atoms with E-state index in [-0.39, 0.29) is 11.6 Å². The van der Waals surface area contributed by atoms with Gasteiger partial charge in [0.25, 0.3) is 10.0 Å². The summed E-state index contributed by atoms with van der Waals surface area (Å²) in [6.45, 7) is 4.25. The average molecular weight is 260 g/mol. The molecular formula is C10H16N2O2S2. The van der Waals surface area contributed by atoms with E-state index in [0.717, 1.165) is 0 Å². The Morgan fingerprint density at radius 2 is 2.25 bits per heavy atom. The van der Waals surface area contributed by atoms with Gasteiger partial charge in [0.05, 0.1) is 0 Å². The van der Waals surface area contributed by atoms with Crippen LogP contribution in [0, 0.1) is 0 Å². The van der Waals surface area contributed by atoms with E-state index in [1.165, 1.54) is 15.6 Å². The van der Waals surface area contributed by atoms with Crippen LogP contribution < -0.4 is 5.73 Å². The molecule has 2 rings (SSSR count). The summed E-state index contributed by atoms with van der Waals surface area (Å²) in [7, 11) is -3.36. The largest absolute Gasteiger partial charge is 0.326 e. The van der Waals surface area contributed by atoms with Gasteiger partial charge >= 0.3 is 0 Å². The Labute approximate surface area is 100 Å². The van der Waals surface area contributed by atoms with Gasteiger partial charge in [-0.15, -0.1) is 11.3 Å². The summed E-state index contributed by atoms with van der Waals surface area (Å²) in [5.74, 6) is 0. The molecule has 2 heterocycles. The molecule has 2 N–H and O–H groups in total. The van der Waals surface area contributed by atoms with Gasteiger partial charge in [-0.2, -0.15) is 4.31 Å². The number of sulfonamides is 1.